The minimum Gasteiger partial charge on any atom is -0.462 e. The molecule has 1 amide bonds. The van der Waals surface area contributed by atoms with E-state index in [1.807, 2.05) is 25.7 Å². The average Bonchev–Trinajstić information content (AvgIpc) is 2.60. The number of piperazine rings is 1. The number of ether oxygens (including phenoxy) is 1. The molecule has 0 saturated carbocycles. The van der Waals surface area contributed by atoms with Gasteiger partial charge in [-0.2, -0.15) is 0 Å². The van der Waals surface area contributed by atoms with Crippen molar-refractivity contribution in [2.45, 2.75) is 39.2 Å². The van der Waals surface area contributed by atoms with Crippen molar-refractivity contribution in [1.82, 2.24) is 10.2 Å². The number of aryl methyl sites for hydroxylation is 1. The van der Waals surface area contributed by atoms with Crippen molar-refractivity contribution in [2.24, 2.45) is 0 Å². The van der Waals surface area contributed by atoms with E-state index in [2.05, 4.69) is 10.1 Å². The summed E-state index contributed by atoms with van der Waals surface area (Å²) in [7, 11) is 0. The molecule has 1 saturated heterocycles. The van der Waals surface area contributed by atoms with E-state index >= 15 is 0 Å². The predicted molar refractivity (Wildman–Crippen MR) is 97.8 cm³/mol. The van der Waals surface area contributed by atoms with Gasteiger partial charge in [-0.25, -0.2) is 0 Å². The molecule has 144 valence electrons. The second kappa shape index (κ2) is 10.5. The maximum Gasteiger partial charge on any atom is 0.293 e. The fraction of sp³-hybridized carbons (Fsp3) is 0.556. The van der Waals surface area contributed by atoms with Crippen molar-refractivity contribution in [1.29, 1.82) is 0 Å². The molecule has 8 heteroatoms. The van der Waals surface area contributed by atoms with Crippen LogP contribution in [0.3, 0.4) is 0 Å². The summed E-state index contributed by atoms with van der Waals surface area (Å²) in [6, 6.07) is 6.38. The third-order valence-electron chi connectivity index (χ3n) is 3.65. The molecule has 1 aromatic rings. The molecule has 1 fully saturated rings. The highest BCUT2D eigenvalue weighted by atomic mass is 16.6. The number of hydrogen-bond acceptors (Lipinski definition) is 6. The summed E-state index contributed by atoms with van der Waals surface area (Å²) in [5, 5.41) is 13.7. The number of nitro groups is 1. The van der Waals surface area contributed by atoms with E-state index < -0.39 is 4.92 Å². The summed E-state index contributed by atoms with van der Waals surface area (Å²) in [4.78, 5) is 33.5. The second-order valence-electron chi connectivity index (χ2n) is 6.88. The van der Waals surface area contributed by atoms with Crippen LogP contribution >= 0.6 is 0 Å². The van der Waals surface area contributed by atoms with Crippen molar-refractivity contribution in [3.05, 3.63) is 39.9 Å². The maximum atomic E-state index is 11.9. The molecule has 1 heterocycles. The second-order valence-corrected chi connectivity index (χ2v) is 6.88. The number of rotatable bonds is 5. The number of nitro benzene ring substituents is 1. The van der Waals surface area contributed by atoms with Gasteiger partial charge >= 0.3 is 0 Å². The SMILES string of the molecule is CC(C)(C)OC=O.O=C(CCc1ccc([N+](=O)[O-])cc1)N1CCNCC1. The third-order valence-corrected chi connectivity index (χ3v) is 3.65. The highest BCUT2D eigenvalue weighted by Gasteiger charge is 2.15. The molecule has 26 heavy (non-hydrogen) atoms. The lowest BCUT2D eigenvalue weighted by Gasteiger charge is -2.27. The van der Waals surface area contributed by atoms with E-state index in [1.165, 1.54) is 12.1 Å². The largest absolute Gasteiger partial charge is 0.462 e. The van der Waals surface area contributed by atoms with Crippen LogP contribution in [0.4, 0.5) is 5.69 Å². The lowest BCUT2D eigenvalue weighted by atomic mass is 10.1. The van der Waals surface area contributed by atoms with Crippen LogP contribution in [0.25, 0.3) is 0 Å². The summed E-state index contributed by atoms with van der Waals surface area (Å²) in [5.74, 6) is 0.153. The van der Waals surface area contributed by atoms with E-state index in [1.54, 1.807) is 12.1 Å². The van der Waals surface area contributed by atoms with Crippen LogP contribution in [0, 0.1) is 10.1 Å². The molecular weight excluding hydrogens is 338 g/mol. The zero-order valence-electron chi connectivity index (χ0n) is 15.6. The highest BCUT2D eigenvalue weighted by Crippen LogP contribution is 2.13. The molecule has 0 aromatic heterocycles. The third kappa shape index (κ3) is 8.57. The molecule has 0 spiro atoms. The topological polar surface area (TPSA) is 102 Å². The molecule has 1 aliphatic rings. The van der Waals surface area contributed by atoms with Crippen LogP contribution in [-0.4, -0.2) is 54.0 Å². The van der Waals surface area contributed by atoms with Crippen LogP contribution < -0.4 is 5.32 Å². The first-order valence-corrected chi connectivity index (χ1v) is 8.56. The zero-order chi connectivity index (χ0) is 19.6. The lowest BCUT2D eigenvalue weighted by Crippen LogP contribution is -2.46. The van der Waals surface area contributed by atoms with Crippen molar-refractivity contribution >= 4 is 18.1 Å². The zero-order valence-corrected chi connectivity index (χ0v) is 15.6. The number of hydrogen-bond donors (Lipinski definition) is 1. The smallest absolute Gasteiger partial charge is 0.293 e. The summed E-state index contributed by atoms with van der Waals surface area (Å²) < 4.78 is 4.55. The van der Waals surface area contributed by atoms with Gasteiger partial charge in [0, 0.05) is 44.7 Å². The first-order chi connectivity index (χ1) is 12.2. The van der Waals surface area contributed by atoms with Gasteiger partial charge in [0.15, 0.2) is 0 Å². The Morgan fingerprint density at radius 1 is 1.27 bits per heavy atom. The van der Waals surface area contributed by atoms with E-state index in [9.17, 15) is 19.7 Å². The van der Waals surface area contributed by atoms with E-state index in [0.717, 1.165) is 31.7 Å². The number of nitrogens with zero attached hydrogens (tertiary/aromatic N) is 2. The van der Waals surface area contributed by atoms with Gasteiger partial charge in [-0.1, -0.05) is 12.1 Å². The highest BCUT2D eigenvalue weighted by molar-refractivity contribution is 5.76. The van der Waals surface area contributed by atoms with Gasteiger partial charge in [-0.15, -0.1) is 0 Å². The normalized spacial score (nSPS) is 14.0. The average molecular weight is 365 g/mol. The molecule has 0 bridgehead atoms. The fourth-order valence-corrected chi connectivity index (χ4v) is 2.25. The number of amides is 1. The first kappa shape index (κ1) is 21.6. The van der Waals surface area contributed by atoms with Crippen LogP contribution in [0.1, 0.15) is 32.8 Å². The Kier molecular flexibility index (Phi) is 8.71. The van der Waals surface area contributed by atoms with E-state index in [4.69, 9.17) is 0 Å². The summed E-state index contributed by atoms with van der Waals surface area (Å²) in [6.45, 7) is 9.15. The van der Waals surface area contributed by atoms with Crippen molar-refractivity contribution in [3.63, 3.8) is 0 Å². The Morgan fingerprint density at radius 3 is 2.27 bits per heavy atom. The van der Waals surface area contributed by atoms with Gasteiger partial charge in [-0.3, -0.25) is 19.7 Å². The Balaban J connectivity index is 0.000000412. The van der Waals surface area contributed by atoms with Crippen molar-refractivity contribution in [2.75, 3.05) is 26.2 Å². The fourth-order valence-electron chi connectivity index (χ4n) is 2.25. The maximum absolute atomic E-state index is 11.9. The number of carbonyl (C=O) groups excluding carboxylic acids is 2. The van der Waals surface area contributed by atoms with E-state index in [-0.39, 0.29) is 17.2 Å². The molecular formula is C18H27N3O5. The van der Waals surface area contributed by atoms with Gasteiger partial charge in [0.1, 0.15) is 5.60 Å². The molecule has 0 unspecified atom stereocenters. The summed E-state index contributed by atoms with van der Waals surface area (Å²) in [5.41, 5.74) is 0.716. The van der Waals surface area contributed by atoms with Crippen molar-refractivity contribution in [3.8, 4) is 0 Å². The molecule has 2 rings (SSSR count). The van der Waals surface area contributed by atoms with Gasteiger partial charge in [0.05, 0.1) is 4.92 Å². The molecule has 0 radical (unpaired) electrons. The van der Waals surface area contributed by atoms with Crippen molar-refractivity contribution < 1.29 is 19.2 Å². The van der Waals surface area contributed by atoms with Gasteiger partial charge in [-0.05, 0) is 32.8 Å². The minimum atomic E-state index is -0.421. The van der Waals surface area contributed by atoms with E-state index in [0.29, 0.717) is 19.3 Å². The van der Waals surface area contributed by atoms with Crippen LogP contribution in [0.5, 0.6) is 0 Å². The Hall–Kier alpha value is -2.48. The quantitative estimate of drug-likeness (QED) is 0.486. The molecule has 1 aromatic carbocycles. The van der Waals surface area contributed by atoms with Crippen LogP contribution in [-0.2, 0) is 20.7 Å². The predicted octanol–water partition coefficient (Wildman–Crippen LogP) is 1.92. The molecule has 8 nitrogen and oxygen atoms in total. The molecule has 0 atom stereocenters. The number of carbonyl (C=O) groups is 2. The Labute approximate surface area is 153 Å². The minimum absolute atomic E-state index is 0.0807. The summed E-state index contributed by atoms with van der Waals surface area (Å²) in [6.07, 6.45) is 1.08. The first-order valence-electron chi connectivity index (χ1n) is 8.56. The monoisotopic (exact) mass is 365 g/mol. The Bertz CT molecular complexity index is 590. The van der Waals surface area contributed by atoms with Gasteiger partial charge < -0.3 is 15.0 Å². The lowest BCUT2D eigenvalue weighted by molar-refractivity contribution is -0.384. The van der Waals surface area contributed by atoms with Gasteiger partial charge in [0.25, 0.3) is 12.2 Å². The van der Waals surface area contributed by atoms with Gasteiger partial charge in [0.2, 0.25) is 5.91 Å². The number of benzene rings is 1. The number of non-ortho nitro benzene ring substituents is 1. The molecule has 1 N–H and O–H groups in total. The standard InChI is InChI=1S/C13H17N3O3.C5H10O2/c17-13(15-9-7-14-8-10-15)6-3-11-1-4-12(5-2-11)16(18)19;1-5(2,3)7-4-6/h1-2,4-5,14H,3,6-10H2;4H,1-3H3. The van der Waals surface area contributed by atoms with Crippen LogP contribution in [0.15, 0.2) is 24.3 Å². The Morgan fingerprint density at radius 2 is 1.85 bits per heavy atom. The molecule has 1 aliphatic heterocycles. The van der Waals surface area contributed by atoms with Crippen LogP contribution in [0.2, 0.25) is 0 Å². The molecule has 0 aliphatic carbocycles. The summed E-state index contributed by atoms with van der Waals surface area (Å²) >= 11 is 0. The number of nitrogens with one attached hydrogen (secondary N) is 1.